The Labute approximate surface area is 158 Å². The summed E-state index contributed by atoms with van der Waals surface area (Å²) in [6.07, 6.45) is 3.11. The lowest BCUT2D eigenvalue weighted by molar-refractivity contribution is -0.111. The van der Waals surface area contributed by atoms with Gasteiger partial charge in [0.25, 0.3) is 0 Å². The molecule has 0 bridgehead atoms. The molecule has 0 spiro atoms. The molecular weight excluding hydrogens is 346 g/mol. The smallest absolute Gasteiger partial charge is 0.338 e. The van der Waals surface area contributed by atoms with Crippen LogP contribution in [0.4, 0.5) is 5.69 Å². The third kappa shape index (κ3) is 5.88. The predicted molar refractivity (Wildman–Crippen MR) is 104 cm³/mol. The Kier molecular flexibility index (Phi) is 7.43. The summed E-state index contributed by atoms with van der Waals surface area (Å²) < 4.78 is 15.7. The Morgan fingerprint density at radius 3 is 2.37 bits per heavy atom. The van der Waals surface area contributed by atoms with Crippen LogP contribution in [-0.4, -0.2) is 32.2 Å². The molecule has 0 saturated heterocycles. The van der Waals surface area contributed by atoms with Crippen molar-refractivity contribution in [2.24, 2.45) is 0 Å². The molecule has 0 aliphatic heterocycles. The van der Waals surface area contributed by atoms with Crippen LogP contribution in [-0.2, 0) is 9.53 Å². The molecule has 1 N–H and O–H groups in total. The summed E-state index contributed by atoms with van der Waals surface area (Å²) in [5, 5.41) is 2.74. The highest BCUT2D eigenvalue weighted by Gasteiger charge is 2.07. The number of methoxy groups -OCH3 is 1. The van der Waals surface area contributed by atoms with Gasteiger partial charge in [-0.25, -0.2) is 4.79 Å². The van der Waals surface area contributed by atoms with E-state index in [2.05, 4.69) is 5.32 Å². The van der Waals surface area contributed by atoms with Gasteiger partial charge in [-0.1, -0.05) is 6.07 Å². The molecule has 0 aliphatic rings. The summed E-state index contributed by atoms with van der Waals surface area (Å²) in [4.78, 5) is 23.7. The van der Waals surface area contributed by atoms with Crippen LogP contribution in [0.1, 0.15) is 29.8 Å². The van der Waals surface area contributed by atoms with E-state index in [9.17, 15) is 9.59 Å². The quantitative estimate of drug-likeness (QED) is 0.564. The van der Waals surface area contributed by atoms with Gasteiger partial charge in [-0.15, -0.1) is 0 Å². The van der Waals surface area contributed by atoms with Gasteiger partial charge in [0.2, 0.25) is 5.91 Å². The van der Waals surface area contributed by atoms with Crippen LogP contribution in [0.3, 0.4) is 0 Å². The second kappa shape index (κ2) is 10.0. The summed E-state index contributed by atoms with van der Waals surface area (Å²) in [7, 11) is 1.57. The molecule has 27 heavy (non-hydrogen) atoms. The van der Waals surface area contributed by atoms with Crippen LogP contribution in [0.25, 0.3) is 6.08 Å². The van der Waals surface area contributed by atoms with Crippen molar-refractivity contribution in [1.82, 2.24) is 0 Å². The van der Waals surface area contributed by atoms with Gasteiger partial charge in [-0.05, 0) is 61.9 Å². The maximum atomic E-state index is 12.1. The molecule has 0 fully saturated rings. The average molecular weight is 369 g/mol. The zero-order valence-corrected chi connectivity index (χ0v) is 15.7. The molecule has 2 aromatic rings. The largest absolute Gasteiger partial charge is 0.493 e. The van der Waals surface area contributed by atoms with E-state index < -0.39 is 0 Å². The van der Waals surface area contributed by atoms with E-state index in [1.807, 2.05) is 13.0 Å². The normalized spacial score (nSPS) is 10.5. The molecule has 0 radical (unpaired) electrons. The third-order valence-corrected chi connectivity index (χ3v) is 3.58. The van der Waals surface area contributed by atoms with Crippen LogP contribution in [0.15, 0.2) is 48.5 Å². The number of amides is 1. The molecule has 6 heteroatoms. The fraction of sp³-hybridized carbons (Fsp3) is 0.238. The zero-order valence-electron chi connectivity index (χ0n) is 15.7. The average Bonchev–Trinajstić information content (AvgIpc) is 2.68. The Balaban J connectivity index is 1.99. The van der Waals surface area contributed by atoms with Crippen LogP contribution in [0, 0.1) is 0 Å². The van der Waals surface area contributed by atoms with Gasteiger partial charge in [0.05, 0.1) is 25.9 Å². The number of nitrogens with one attached hydrogen (secondary N) is 1. The van der Waals surface area contributed by atoms with Crippen molar-refractivity contribution in [2.45, 2.75) is 13.8 Å². The van der Waals surface area contributed by atoms with Crippen molar-refractivity contribution in [3.8, 4) is 11.5 Å². The van der Waals surface area contributed by atoms with E-state index in [0.717, 1.165) is 5.56 Å². The number of ether oxygens (including phenoxy) is 3. The van der Waals surface area contributed by atoms with Crippen molar-refractivity contribution in [2.75, 3.05) is 25.6 Å². The first-order valence-corrected chi connectivity index (χ1v) is 8.64. The number of benzene rings is 2. The van der Waals surface area contributed by atoms with Gasteiger partial charge in [0.15, 0.2) is 11.5 Å². The third-order valence-electron chi connectivity index (χ3n) is 3.58. The Morgan fingerprint density at radius 1 is 1.00 bits per heavy atom. The molecule has 0 unspecified atom stereocenters. The second-order valence-electron chi connectivity index (χ2n) is 5.46. The minimum Gasteiger partial charge on any atom is -0.493 e. The molecule has 0 saturated carbocycles. The fourth-order valence-corrected chi connectivity index (χ4v) is 2.32. The summed E-state index contributed by atoms with van der Waals surface area (Å²) in [5.41, 5.74) is 1.83. The highest BCUT2D eigenvalue weighted by atomic mass is 16.5. The van der Waals surface area contributed by atoms with Gasteiger partial charge >= 0.3 is 5.97 Å². The lowest BCUT2D eigenvalue weighted by atomic mass is 10.2. The van der Waals surface area contributed by atoms with Gasteiger partial charge in [0, 0.05) is 11.8 Å². The van der Waals surface area contributed by atoms with Gasteiger partial charge in [-0.3, -0.25) is 4.79 Å². The van der Waals surface area contributed by atoms with E-state index in [1.165, 1.54) is 6.08 Å². The number of anilines is 1. The number of hydrogen-bond donors (Lipinski definition) is 1. The Bertz CT molecular complexity index is 812. The maximum Gasteiger partial charge on any atom is 0.338 e. The first-order chi connectivity index (χ1) is 13.1. The molecule has 0 aliphatic carbocycles. The zero-order chi connectivity index (χ0) is 19.6. The first-order valence-electron chi connectivity index (χ1n) is 8.64. The topological polar surface area (TPSA) is 73.9 Å². The lowest BCUT2D eigenvalue weighted by Gasteiger charge is -2.09. The van der Waals surface area contributed by atoms with Crippen LogP contribution in [0.2, 0.25) is 0 Å². The van der Waals surface area contributed by atoms with Crippen molar-refractivity contribution < 1.29 is 23.8 Å². The molecule has 6 nitrogen and oxygen atoms in total. The number of hydrogen-bond acceptors (Lipinski definition) is 5. The number of rotatable bonds is 8. The Hall–Kier alpha value is -3.28. The van der Waals surface area contributed by atoms with E-state index in [4.69, 9.17) is 14.2 Å². The first kappa shape index (κ1) is 20.0. The van der Waals surface area contributed by atoms with Crippen molar-refractivity contribution in [3.63, 3.8) is 0 Å². The van der Waals surface area contributed by atoms with E-state index in [1.54, 1.807) is 56.5 Å². The maximum absolute atomic E-state index is 12.1. The predicted octanol–water partition coefficient (Wildman–Crippen LogP) is 3.92. The van der Waals surface area contributed by atoms with E-state index >= 15 is 0 Å². The van der Waals surface area contributed by atoms with E-state index in [-0.39, 0.29) is 11.9 Å². The SMILES string of the molecule is CCOC(=O)c1ccc(NC(=O)C=Cc2ccc(OCC)c(OC)c2)cc1. The highest BCUT2D eigenvalue weighted by molar-refractivity contribution is 6.02. The summed E-state index contributed by atoms with van der Waals surface area (Å²) in [5.74, 6) is 0.587. The lowest BCUT2D eigenvalue weighted by Crippen LogP contribution is -2.08. The molecule has 0 aromatic heterocycles. The van der Waals surface area contributed by atoms with Gasteiger partial charge in [0.1, 0.15) is 0 Å². The van der Waals surface area contributed by atoms with Crippen molar-refractivity contribution in [1.29, 1.82) is 0 Å². The number of esters is 1. The molecule has 0 atom stereocenters. The van der Waals surface area contributed by atoms with Crippen molar-refractivity contribution >= 4 is 23.6 Å². The van der Waals surface area contributed by atoms with Crippen molar-refractivity contribution in [3.05, 3.63) is 59.7 Å². The number of carbonyl (C=O) groups excluding carboxylic acids is 2. The molecule has 2 aromatic carbocycles. The van der Waals surface area contributed by atoms with Gasteiger partial charge in [-0.2, -0.15) is 0 Å². The summed E-state index contributed by atoms with van der Waals surface area (Å²) in [6.45, 7) is 4.51. The number of carbonyl (C=O) groups is 2. The fourth-order valence-electron chi connectivity index (χ4n) is 2.32. The van der Waals surface area contributed by atoms with E-state index in [0.29, 0.717) is 36.0 Å². The summed E-state index contributed by atoms with van der Waals surface area (Å²) in [6, 6.07) is 11.9. The highest BCUT2D eigenvalue weighted by Crippen LogP contribution is 2.28. The minimum absolute atomic E-state index is 0.285. The molecule has 1 amide bonds. The van der Waals surface area contributed by atoms with Crippen LogP contribution in [0.5, 0.6) is 11.5 Å². The second-order valence-corrected chi connectivity index (χ2v) is 5.46. The van der Waals surface area contributed by atoms with Crippen LogP contribution >= 0.6 is 0 Å². The molecular formula is C21H23NO5. The molecule has 2 rings (SSSR count). The molecule has 0 heterocycles. The monoisotopic (exact) mass is 369 g/mol. The Morgan fingerprint density at radius 2 is 1.74 bits per heavy atom. The minimum atomic E-state index is -0.389. The van der Waals surface area contributed by atoms with Gasteiger partial charge < -0.3 is 19.5 Å². The summed E-state index contributed by atoms with van der Waals surface area (Å²) >= 11 is 0. The van der Waals surface area contributed by atoms with Crippen LogP contribution < -0.4 is 14.8 Å². The molecule has 142 valence electrons. The standard InChI is InChI=1S/C21H23NO5/c1-4-26-18-12-6-15(14-19(18)25-3)7-13-20(23)22-17-10-8-16(9-11-17)21(24)27-5-2/h6-14H,4-5H2,1-3H3,(H,22,23).